The molecule has 1 atom stereocenters. The van der Waals surface area contributed by atoms with Crippen molar-refractivity contribution >= 4 is 56.7 Å². The zero-order chi connectivity index (χ0) is 26.3. The van der Waals surface area contributed by atoms with Gasteiger partial charge in [0.25, 0.3) is 10.0 Å². The molecule has 1 N–H and O–H groups in total. The molecule has 0 bridgehead atoms. The number of aromatic nitrogens is 1. The number of carbonyl (C=O) groups is 2. The highest BCUT2D eigenvalue weighted by Crippen LogP contribution is 2.38. The SMILES string of the molecule is CN(c1cc(F)c(S(=O)(=O)N(C(=O)OC(C)(C)C)c2cscn2)c(F)c1Cl)C1CCN(C(=O)O)C1. The van der Waals surface area contributed by atoms with Gasteiger partial charge in [-0.1, -0.05) is 11.6 Å². The van der Waals surface area contributed by atoms with Crippen molar-refractivity contribution < 1.29 is 36.6 Å². The maximum absolute atomic E-state index is 15.4. The molecule has 1 aliphatic heterocycles. The highest BCUT2D eigenvalue weighted by molar-refractivity contribution is 7.93. The molecule has 2 heterocycles. The third-order valence-corrected chi connectivity index (χ3v) is 7.78. The van der Waals surface area contributed by atoms with E-state index in [1.807, 2.05) is 0 Å². The van der Waals surface area contributed by atoms with Crippen molar-refractivity contribution in [3.63, 3.8) is 0 Å². The van der Waals surface area contributed by atoms with E-state index in [0.717, 1.165) is 22.3 Å². The largest absolute Gasteiger partial charge is 0.465 e. The van der Waals surface area contributed by atoms with Crippen LogP contribution in [0.2, 0.25) is 5.02 Å². The number of hydrogen-bond acceptors (Lipinski definition) is 8. The second kappa shape index (κ2) is 9.74. The Labute approximate surface area is 209 Å². The molecule has 1 fully saturated rings. The molecule has 0 saturated carbocycles. The zero-order valence-corrected chi connectivity index (χ0v) is 21.5. The van der Waals surface area contributed by atoms with Crippen LogP contribution in [0.3, 0.4) is 0 Å². The summed E-state index contributed by atoms with van der Waals surface area (Å²) in [6.07, 6.45) is -2.16. The topological polar surface area (TPSA) is 120 Å². The molecule has 192 valence electrons. The monoisotopic (exact) mass is 552 g/mol. The first-order chi connectivity index (χ1) is 16.1. The summed E-state index contributed by atoms with van der Waals surface area (Å²) < 4.78 is 62.6. The highest BCUT2D eigenvalue weighted by atomic mass is 35.5. The quantitative estimate of drug-likeness (QED) is 0.542. The number of amides is 2. The van der Waals surface area contributed by atoms with Crippen LogP contribution < -0.4 is 9.21 Å². The Morgan fingerprint density at radius 3 is 2.51 bits per heavy atom. The molecule has 0 aliphatic carbocycles. The first-order valence-corrected chi connectivity index (χ1v) is 13.0. The Kier molecular flexibility index (Phi) is 7.48. The fourth-order valence-electron chi connectivity index (χ4n) is 3.50. The average Bonchev–Trinajstić information content (AvgIpc) is 3.41. The average molecular weight is 553 g/mol. The molecule has 35 heavy (non-hydrogen) atoms. The number of thiazole rings is 1. The molecule has 1 aliphatic rings. The first kappa shape index (κ1) is 26.9. The van der Waals surface area contributed by atoms with Crippen molar-refractivity contribution in [2.24, 2.45) is 0 Å². The van der Waals surface area contributed by atoms with Gasteiger partial charge in [0.1, 0.15) is 16.4 Å². The van der Waals surface area contributed by atoms with Crippen LogP contribution in [0.25, 0.3) is 0 Å². The molecule has 2 aromatic rings. The molecule has 1 aromatic carbocycles. The summed E-state index contributed by atoms with van der Waals surface area (Å²) in [6.45, 7) is 4.77. The summed E-state index contributed by atoms with van der Waals surface area (Å²) in [4.78, 5) is 28.8. The lowest BCUT2D eigenvalue weighted by atomic mass is 10.2. The van der Waals surface area contributed by atoms with E-state index in [0.29, 0.717) is 6.42 Å². The minimum atomic E-state index is -5.20. The van der Waals surface area contributed by atoms with Crippen LogP contribution >= 0.6 is 22.9 Å². The first-order valence-electron chi connectivity index (χ1n) is 10.2. The van der Waals surface area contributed by atoms with Gasteiger partial charge in [-0.25, -0.2) is 31.8 Å². The number of benzene rings is 1. The van der Waals surface area contributed by atoms with Crippen LogP contribution in [0.1, 0.15) is 27.2 Å². The number of hydrogen-bond donors (Lipinski definition) is 1. The van der Waals surface area contributed by atoms with E-state index >= 15 is 8.78 Å². The number of ether oxygens (including phenoxy) is 1. The van der Waals surface area contributed by atoms with Crippen LogP contribution in [0, 0.1) is 11.6 Å². The standard InChI is InChI=1S/C20H23ClF2N4O6S2/c1-20(2,3)33-19(30)27(14-9-34-10-24-14)35(31,32)17-12(22)7-13(15(21)16(17)23)25(4)11-5-6-26(8-11)18(28)29/h7,9-11H,5-6,8H2,1-4H3,(H,28,29). The van der Waals surface area contributed by atoms with Gasteiger partial charge in [-0.3, -0.25) is 0 Å². The fourth-order valence-corrected chi connectivity index (χ4v) is 5.82. The number of rotatable bonds is 5. The van der Waals surface area contributed by atoms with Gasteiger partial charge in [0.15, 0.2) is 16.5 Å². The third kappa shape index (κ3) is 5.43. The molecular weight excluding hydrogens is 530 g/mol. The summed E-state index contributed by atoms with van der Waals surface area (Å²) in [5.41, 5.74) is -0.0507. The third-order valence-electron chi connectivity index (χ3n) is 5.14. The summed E-state index contributed by atoms with van der Waals surface area (Å²) in [6, 6.07) is 0.286. The molecule has 15 heteroatoms. The number of likely N-dealkylation sites (N-methyl/N-ethyl adjacent to an activating group) is 1. The minimum Gasteiger partial charge on any atom is -0.465 e. The van der Waals surface area contributed by atoms with Crippen molar-refractivity contribution in [3.8, 4) is 0 Å². The smallest absolute Gasteiger partial charge is 0.430 e. The predicted molar refractivity (Wildman–Crippen MR) is 126 cm³/mol. The second-order valence-electron chi connectivity index (χ2n) is 8.71. The van der Waals surface area contributed by atoms with Crippen molar-refractivity contribution in [2.45, 2.75) is 43.7 Å². The van der Waals surface area contributed by atoms with E-state index in [4.69, 9.17) is 21.4 Å². The summed E-state index contributed by atoms with van der Waals surface area (Å²) in [5.74, 6) is -3.50. The zero-order valence-electron chi connectivity index (χ0n) is 19.2. The van der Waals surface area contributed by atoms with Gasteiger partial charge >= 0.3 is 12.2 Å². The van der Waals surface area contributed by atoms with E-state index in [2.05, 4.69) is 4.98 Å². The molecule has 1 aromatic heterocycles. The summed E-state index contributed by atoms with van der Waals surface area (Å²) in [7, 11) is -3.73. The molecular formula is C20H23ClF2N4O6S2. The lowest BCUT2D eigenvalue weighted by Gasteiger charge is -2.29. The van der Waals surface area contributed by atoms with Crippen molar-refractivity contribution in [1.29, 1.82) is 0 Å². The van der Waals surface area contributed by atoms with Gasteiger partial charge in [-0.05, 0) is 27.2 Å². The van der Waals surface area contributed by atoms with Crippen molar-refractivity contribution in [1.82, 2.24) is 9.88 Å². The van der Waals surface area contributed by atoms with Crippen LogP contribution in [-0.2, 0) is 14.8 Å². The van der Waals surface area contributed by atoms with E-state index < -0.39 is 61.2 Å². The number of nitrogens with zero attached hydrogens (tertiary/aromatic N) is 4. The van der Waals surface area contributed by atoms with Gasteiger partial charge < -0.3 is 19.6 Å². The maximum Gasteiger partial charge on any atom is 0.430 e. The number of carbonyl (C=O) groups excluding carboxylic acids is 1. The van der Waals surface area contributed by atoms with Gasteiger partial charge in [0, 0.05) is 37.6 Å². The van der Waals surface area contributed by atoms with E-state index in [9.17, 15) is 18.0 Å². The fraction of sp³-hybridized carbons (Fsp3) is 0.450. The van der Waals surface area contributed by atoms with Crippen LogP contribution in [0.15, 0.2) is 21.9 Å². The molecule has 3 rings (SSSR count). The lowest BCUT2D eigenvalue weighted by molar-refractivity contribution is 0.0608. The Morgan fingerprint density at radius 1 is 1.34 bits per heavy atom. The van der Waals surface area contributed by atoms with Crippen LogP contribution in [0.4, 0.5) is 29.9 Å². The van der Waals surface area contributed by atoms with E-state index in [-0.39, 0.29) is 23.1 Å². The van der Waals surface area contributed by atoms with E-state index in [1.54, 1.807) is 0 Å². The predicted octanol–water partition coefficient (Wildman–Crippen LogP) is 4.39. The molecule has 0 spiro atoms. The number of likely N-dealkylation sites (tertiary alicyclic amines) is 1. The normalized spacial score (nSPS) is 16.3. The van der Waals surface area contributed by atoms with Crippen molar-refractivity contribution in [2.75, 3.05) is 29.3 Å². The number of sulfonamides is 1. The van der Waals surface area contributed by atoms with Gasteiger partial charge in [0.2, 0.25) is 0 Å². The van der Waals surface area contributed by atoms with Crippen LogP contribution in [-0.4, -0.2) is 67.4 Å². The van der Waals surface area contributed by atoms with E-state index in [1.165, 1.54) is 43.6 Å². The maximum atomic E-state index is 15.4. The van der Waals surface area contributed by atoms with Crippen molar-refractivity contribution in [3.05, 3.63) is 33.6 Å². The summed E-state index contributed by atoms with van der Waals surface area (Å²) >= 11 is 7.10. The molecule has 10 nitrogen and oxygen atoms in total. The van der Waals surface area contributed by atoms with Gasteiger partial charge in [-0.15, -0.1) is 15.6 Å². The van der Waals surface area contributed by atoms with Gasteiger partial charge in [0.05, 0.1) is 11.2 Å². The molecule has 1 saturated heterocycles. The Hall–Kier alpha value is -2.71. The second-order valence-corrected chi connectivity index (χ2v) is 11.5. The molecule has 1 unspecified atom stereocenters. The molecule has 0 radical (unpaired) electrons. The Bertz CT molecular complexity index is 1240. The van der Waals surface area contributed by atoms with Crippen LogP contribution in [0.5, 0.6) is 0 Å². The minimum absolute atomic E-state index is 0.0711. The lowest BCUT2D eigenvalue weighted by Crippen LogP contribution is -2.42. The Morgan fingerprint density at radius 2 is 2.00 bits per heavy atom. The number of carboxylic acid groups (broad SMARTS) is 1. The number of halogens is 3. The van der Waals surface area contributed by atoms with Gasteiger partial charge in [-0.2, -0.15) is 0 Å². The number of anilines is 2. The highest BCUT2D eigenvalue weighted by Gasteiger charge is 2.41. The Balaban J connectivity index is 2.06. The molecule has 2 amide bonds. The summed E-state index contributed by atoms with van der Waals surface area (Å²) in [5, 5.41) is 9.64.